The zero-order valence-corrected chi connectivity index (χ0v) is 14.5. The number of methoxy groups -OCH3 is 2. The Labute approximate surface area is 134 Å². The SMILES string of the molecule is COc1cc(CNC2CC3CCC2(C)C3(C)C)cc(OC)c1. The molecule has 22 heavy (non-hydrogen) atoms. The van der Waals surface area contributed by atoms with Gasteiger partial charge in [-0.1, -0.05) is 20.8 Å². The van der Waals surface area contributed by atoms with E-state index >= 15 is 0 Å². The topological polar surface area (TPSA) is 30.5 Å². The van der Waals surface area contributed by atoms with Crippen LogP contribution in [0.15, 0.2) is 18.2 Å². The number of hydrogen-bond donors (Lipinski definition) is 1. The standard InChI is InChI=1S/C19H29NO2/c1-18(2)14-6-7-19(18,3)17(10-14)20-12-13-8-15(21-4)11-16(9-13)22-5/h8-9,11,14,17,20H,6-7,10,12H2,1-5H3. The Balaban J connectivity index is 1.71. The molecule has 2 aliphatic carbocycles. The second kappa shape index (κ2) is 5.45. The number of hydrogen-bond acceptors (Lipinski definition) is 3. The van der Waals surface area contributed by atoms with E-state index in [-0.39, 0.29) is 0 Å². The molecule has 0 aromatic heterocycles. The van der Waals surface area contributed by atoms with Crippen molar-refractivity contribution in [3.8, 4) is 11.5 Å². The van der Waals surface area contributed by atoms with Gasteiger partial charge in [0.2, 0.25) is 0 Å². The third-order valence-corrected chi connectivity index (χ3v) is 6.76. The van der Waals surface area contributed by atoms with E-state index in [0.29, 0.717) is 16.9 Å². The lowest BCUT2D eigenvalue weighted by Crippen LogP contribution is -2.44. The van der Waals surface area contributed by atoms with Crippen LogP contribution in [0.1, 0.15) is 45.6 Å². The lowest BCUT2D eigenvalue weighted by atomic mass is 9.69. The summed E-state index contributed by atoms with van der Waals surface area (Å²) < 4.78 is 10.7. The van der Waals surface area contributed by atoms with Crippen molar-refractivity contribution in [3.63, 3.8) is 0 Å². The van der Waals surface area contributed by atoms with Gasteiger partial charge in [0.05, 0.1) is 14.2 Å². The highest BCUT2D eigenvalue weighted by molar-refractivity contribution is 5.38. The van der Waals surface area contributed by atoms with Crippen molar-refractivity contribution >= 4 is 0 Å². The number of nitrogens with one attached hydrogen (secondary N) is 1. The number of ether oxygens (including phenoxy) is 2. The van der Waals surface area contributed by atoms with E-state index < -0.39 is 0 Å². The highest BCUT2D eigenvalue weighted by Crippen LogP contribution is 2.65. The van der Waals surface area contributed by atoms with Crippen LogP contribution in [0.5, 0.6) is 11.5 Å². The zero-order valence-electron chi connectivity index (χ0n) is 14.5. The average molecular weight is 303 g/mol. The third-order valence-electron chi connectivity index (χ3n) is 6.76. The summed E-state index contributed by atoms with van der Waals surface area (Å²) in [5.41, 5.74) is 2.09. The van der Waals surface area contributed by atoms with Crippen molar-refractivity contribution in [1.82, 2.24) is 5.32 Å². The Morgan fingerprint density at radius 1 is 1.09 bits per heavy atom. The van der Waals surface area contributed by atoms with Crippen molar-refractivity contribution in [2.75, 3.05) is 14.2 Å². The molecular formula is C19H29NO2. The smallest absolute Gasteiger partial charge is 0.122 e. The van der Waals surface area contributed by atoms with Gasteiger partial charge in [0.25, 0.3) is 0 Å². The molecule has 2 bridgehead atoms. The molecule has 0 heterocycles. The summed E-state index contributed by atoms with van der Waals surface area (Å²) in [6.45, 7) is 8.27. The minimum Gasteiger partial charge on any atom is -0.497 e. The molecule has 1 aromatic rings. The van der Waals surface area contributed by atoms with E-state index in [4.69, 9.17) is 9.47 Å². The summed E-state index contributed by atoms with van der Waals surface area (Å²) in [6, 6.07) is 6.72. The van der Waals surface area contributed by atoms with Crippen LogP contribution in [0.3, 0.4) is 0 Å². The molecule has 3 nitrogen and oxygen atoms in total. The van der Waals surface area contributed by atoms with Crippen LogP contribution < -0.4 is 14.8 Å². The zero-order chi connectivity index (χ0) is 16.0. The van der Waals surface area contributed by atoms with Gasteiger partial charge in [-0.2, -0.15) is 0 Å². The minimum atomic E-state index is 0.417. The molecule has 0 aliphatic heterocycles. The predicted octanol–water partition coefficient (Wildman–Crippen LogP) is 4.01. The molecule has 3 rings (SSSR count). The molecule has 122 valence electrons. The van der Waals surface area contributed by atoms with Crippen LogP contribution in [-0.2, 0) is 6.54 Å². The second-order valence-corrected chi connectivity index (χ2v) is 7.76. The van der Waals surface area contributed by atoms with Gasteiger partial charge in [0.1, 0.15) is 11.5 Å². The fourth-order valence-corrected chi connectivity index (χ4v) is 4.72. The Morgan fingerprint density at radius 2 is 1.73 bits per heavy atom. The van der Waals surface area contributed by atoms with E-state index in [2.05, 4.69) is 38.2 Å². The molecule has 1 aromatic carbocycles. The van der Waals surface area contributed by atoms with Crippen LogP contribution >= 0.6 is 0 Å². The van der Waals surface area contributed by atoms with Crippen molar-refractivity contribution in [1.29, 1.82) is 0 Å². The predicted molar refractivity (Wildman–Crippen MR) is 89.4 cm³/mol. The average Bonchev–Trinajstić information content (AvgIpc) is 2.85. The fraction of sp³-hybridized carbons (Fsp3) is 0.684. The highest BCUT2D eigenvalue weighted by atomic mass is 16.5. The van der Waals surface area contributed by atoms with Gasteiger partial charge >= 0.3 is 0 Å². The van der Waals surface area contributed by atoms with Gasteiger partial charge in [-0.15, -0.1) is 0 Å². The van der Waals surface area contributed by atoms with Crippen molar-refractivity contribution in [2.24, 2.45) is 16.7 Å². The van der Waals surface area contributed by atoms with Gasteiger partial charge in [0, 0.05) is 18.7 Å². The largest absolute Gasteiger partial charge is 0.497 e. The highest BCUT2D eigenvalue weighted by Gasteiger charge is 2.60. The summed E-state index contributed by atoms with van der Waals surface area (Å²) in [5, 5.41) is 3.82. The van der Waals surface area contributed by atoms with E-state index in [1.807, 2.05) is 6.07 Å². The van der Waals surface area contributed by atoms with Gasteiger partial charge in [-0.25, -0.2) is 0 Å². The maximum atomic E-state index is 5.36. The van der Waals surface area contributed by atoms with Crippen LogP contribution in [0, 0.1) is 16.7 Å². The van der Waals surface area contributed by atoms with E-state index in [1.54, 1.807) is 14.2 Å². The van der Waals surface area contributed by atoms with Crippen LogP contribution in [0.4, 0.5) is 0 Å². The Bertz CT molecular complexity index is 532. The quantitative estimate of drug-likeness (QED) is 0.891. The normalized spacial score (nSPS) is 32.2. The summed E-state index contributed by atoms with van der Waals surface area (Å²) in [5.74, 6) is 2.58. The molecule has 2 aliphatic rings. The third kappa shape index (κ3) is 2.30. The molecule has 2 saturated carbocycles. The van der Waals surface area contributed by atoms with Crippen LogP contribution in [0.25, 0.3) is 0 Å². The lowest BCUT2D eigenvalue weighted by molar-refractivity contribution is 0.120. The molecular weight excluding hydrogens is 274 g/mol. The maximum Gasteiger partial charge on any atom is 0.122 e. The Hall–Kier alpha value is -1.22. The summed E-state index contributed by atoms with van der Waals surface area (Å²) in [7, 11) is 3.40. The molecule has 0 saturated heterocycles. The first-order valence-corrected chi connectivity index (χ1v) is 8.36. The first-order chi connectivity index (χ1) is 10.4. The number of rotatable bonds is 5. The molecule has 0 radical (unpaired) electrons. The molecule has 0 amide bonds. The first kappa shape index (κ1) is 15.7. The van der Waals surface area contributed by atoms with Crippen LogP contribution in [0.2, 0.25) is 0 Å². The monoisotopic (exact) mass is 303 g/mol. The number of fused-ring (bicyclic) bond motifs is 2. The van der Waals surface area contributed by atoms with Gasteiger partial charge in [0.15, 0.2) is 0 Å². The van der Waals surface area contributed by atoms with E-state index in [9.17, 15) is 0 Å². The lowest BCUT2D eigenvalue weighted by Gasteiger charge is -2.39. The summed E-state index contributed by atoms with van der Waals surface area (Å²) in [4.78, 5) is 0. The molecule has 3 unspecified atom stereocenters. The van der Waals surface area contributed by atoms with Crippen LogP contribution in [-0.4, -0.2) is 20.3 Å². The van der Waals surface area contributed by atoms with Crippen molar-refractivity contribution in [2.45, 2.75) is 52.6 Å². The summed E-state index contributed by atoms with van der Waals surface area (Å²) >= 11 is 0. The van der Waals surface area contributed by atoms with Gasteiger partial charge in [-0.3, -0.25) is 0 Å². The molecule has 3 heteroatoms. The fourth-order valence-electron chi connectivity index (χ4n) is 4.72. The Kier molecular flexibility index (Phi) is 3.88. The van der Waals surface area contributed by atoms with Crippen molar-refractivity contribution in [3.05, 3.63) is 23.8 Å². The number of benzene rings is 1. The van der Waals surface area contributed by atoms with E-state index in [1.165, 1.54) is 24.8 Å². The van der Waals surface area contributed by atoms with Crippen molar-refractivity contribution < 1.29 is 9.47 Å². The maximum absolute atomic E-state index is 5.36. The molecule has 1 N–H and O–H groups in total. The molecule has 3 atom stereocenters. The van der Waals surface area contributed by atoms with Gasteiger partial charge in [-0.05, 0) is 53.7 Å². The minimum absolute atomic E-state index is 0.417. The first-order valence-electron chi connectivity index (χ1n) is 8.36. The Morgan fingerprint density at radius 3 is 2.18 bits per heavy atom. The second-order valence-electron chi connectivity index (χ2n) is 7.76. The molecule has 2 fully saturated rings. The summed E-state index contributed by atoms with van der Waals surface area (Å²) in [6.07, 6.45) is 4.06. The molecule has 0 spiro atoms. The van der Waals surface area contributed by atoms with Gasteiger partial charge < -0.3 is 14.8 Å². The van der Waals surface area contributed by atoms with E-state index in [0.717, 1.165) is 24.0 Å².